The highest BCUT2D eigenvalue weighted by atomic mass is 32.1. The third-order valence-electron chi connectivity index (χ3n) is 5.62. The number of imidazole rings is 1. The predicted molar refractivity (Wildman–Crippen MR) is 104 cm³/mol. The third-order valence-corrected chi connectivity index (χ3v) is 5.82. The Morgan fingerprint density at radius 3 is 2.30 bits per heavy atom. The maximum Gasteiger partial charge on any atom is 0.407 e. The molecule has 9 heteroatoms. The van der Waals surface area contributed by atoms with Gasteiger partial charge in [-0.1, -0.05) is 0 Å². The summed E-state index contributed by atoms with van der Waals surface area (Å²) in [5, 5.41) is 9.06. The number of benzene rings is 1. The largest absolute Gasteiger partial charge is 0.465 e. The van der Waals surface area contributed by atoms with Gasteiger partial charge in [-0.3, -0.25) is 9.69 Å². The van der Waals surface area contributed by atoms with Gasteiger partial charge in [0, 0.05) is 50.9 Å². The van der Waals surface area contributed by atoms with Crippen LogP contribution < -0.4 is 0 Å². The Hall–Kier alpha value is -2.39. The van der Waals surface area contributed by atoms with Gasteiger partial charge in [0.2, 0.25) is 0 Å². The smallest absolute Gasteiger partial charge is 0.407 e. The highest BCUT2D eigenvalue weighted by molar-refractivity contribution is 7.71. The average molecular weight is 389 g/mol. The Morgan fingerprint density at radius 1 is 0.963 bits per heavy atom. The number of H-pyrrole nitrogens is 2. The first kappa shape index (κ1) is 18.0. The predicted octanol–water partition coefficient (Wildman–Crippen LogP) is 2.13. The summed E-state index contributed by atoms with van der Waals surface area (Å²) in [4.78, 5) is 35.7. The summed E-state index contributed by atoms with van der Waals surface area (Å²) in [6, 6.07) is 5.99. The van der Waals surface area contributed by atoms with Crippen molar-refractivity contribution >= 4 is 35.3 Å². The lowest BCUT2D eigenvalue weighted by Crippen LogP contribution is -2.54. The zero-order chi connectivity index (χ0) is 19.0. The Labute approximate surface area is 161 Å². The Bertz CT molecular complexity index is 907. The van der Waals surface area contributed by atoms with E-state index in [9.17, 15) is 9.59 Å². The van der Waals surface area contributed by atoms with Crippen LogP contribution >= 0.6 is 12.2 Å². The Balaban J connectivity index is 1.35. The van der Waals surface area contributed by atoms with Gasteiger partial charge in [0.15, 0.2) is 4.77 Å². The zero-order valence-electron chi connectivity index (χ0n) is 15.0. The maximum absolute atomic E-state index is 12.8. The lowest BCUT2D eigenvalue weighted by atomic mass is 10.0. The van der Waals surface area contributed by atoms with Gasteiger partial charge in [0.05, 0.1) is 11.0 Å². The minimum Gasteiger partial charge on any atom is -0.465 e. The van der Waals surface area contributed by atoms with Gasteiger partial charge in [-0.15, -0.1) is 0 Å². The standard InChI is InChI=1S/C18H23N5O3S/c24-16(12-1-2-14-15(11-12)20-17(27)19-14)22-5-3-13(4-6-22)21-7-9-23(10-8-21)18(25)26/h1-2,11,13H,3-10H2,(H,25,26)(H2,19,20,27). The van der Waals surface area contributed by atoms with E-state index in [-0.39, 0.29) is 5.91 Å². The Kier molecular flexibility index (Phi) is 4.88. The molecule has 2 aliphatic heterocycles. The quantitative estimate of drug-likeness (QED) is 0.684. The molecule has 3 heterocycles. The minimum absolute atomic E-state index is 0.0477. The van der Waals surface area contributed by atoms with Crippen LogP contribution in [0.25, 0.3) is 11.0 Å². The molecule has 8 nitrogen and oxygen atoms in total. The second-order valence-corrected chi connectivity index (χ2v) is 7.58. The maximum atomic E-state index is 12.8. The van der Waals surface area contributed by atoms with Crippen LogP contribution in [0.5, 0.6) is 0 Å². The highest BCUT2D eigenvalue weighted by Crippen LogP contribution is 2.21. The van der Waals surface area contributed by atoms with Crippen molar-refractivity contribution in [1.29, 1.82) is 0 Å². The number of likely N-dealkylation sites (tertiary alicyclic amines) is 1. The number of amides is 2. The molecule has 27 heavy (non-hydrogen) atoms. The first-order chi connectivity index (χ1) is 13.0. The van der Waals surface area contributed by atoms with E-state index < -0.39 is 6.09 Å². The van der Waals surface area contributed by atoms with E-state index in [1.165, 1.54) is 4.90 Å². The molecule has 2 amide bonds. The normalized spacial score (nSPS) is 19.6. The molecular weight excluding hydrogens is 366 g/mol. The fourth-order valence-electron chi connectivity index (χ4n) is 4.06. The monoisotopic (exact) mass is 389 g/mol. The molecule has 2 fully saturated rings. The van der Waals surface area contributed by atoms with Crippen molar-refractivity contribution in [1.82, 2.24) is 24.7 Å². The number of rotatable bonds is 2. The van der Waals surface area contributed by atoms with Crippen molar-refractivity contribution in [2.45, 2.75) is 18.9 Å². The summed E-state index contributed by atoms with van der Waals surface area (Å²) in [5.74, 6) is 0.0477. The number of nitrogens with one attached hydrogen (secondary N) is 2. The second-order valence-electron chi connectivity index (χ2n) is 7.17. The van der Waals surface area contributed by atoms with Gasteiger partial charge in [-0.25, -0.2) is 4.79 Å². The molecule has 0 spiro atoms. The molecule has 144 valence electrons. The van der Waals surface area contributed by atoms with Crippen molar-refractivity contribution in [3.63, 3.8) is 0 Å². The summed E-state index contributed by atoms with van der Waals surface area (Å²) >= 11 is 5.10. The highest BCUT2D eigenvalue weighted by Gasteiger charge is 2.30. The van der Waals surface area contributed by atoms with Crippen molar-refractivity contribution in [3.05, 3.63) is 28.5 Å². The van der Waals surface area contributed by atoms with E-state index in [2.05, 4.69) is 14.9 Å². The molecule has 0 bridgehead atoms. The molecule has 0 saturated carbocycles. The number of carboxylic acid groups (broad SMARTS) is 1. The van der Waals surface area contributed by atoms with Crippen molar-refractivity contribution in [2.75, 3.05) is 39.3 Å². The van der Waals surface area contributed by atoms with Gasteiger partial charge >= 0.3 is 6.09 Å². The molecule has 1 aromatic carbocycles. The van der Waals surface area contributed by atoms with E-state index in [0.29, 0.717) is 29.5 Å². The van der Waals surface area contributed by atoms with Crippen LogP contribution in [0.15, 0.2) is 18.2 Å². The minimum atomic E-state index is -0.838. The molecular formula is C18H23N5O3S. The topological polar surface area (TPSA) is 95.7 Å². The first-order valence-electron chi connectivity index (χ1n) is 9.24. The van der Waals surface area contributed by atoms with Crippen LogP contribution in [0, 0.1) is 4.77 Å². The number of nitrogens with zero attached hydrogens (tertiary/aromatic N) is 3. The lowest BCUT2D eigenvalue weighted by molar-refractivity contribution is 0.0477. The molecule has 2 saturated heterocycles. The van der Waals surface area contributed by atoms with Crippen LogP contribution in [0.4, 0.5) is 4.79 Å². The van der Waals surface area contributed by atoms with Crippen molar-refractivity contribution in [3.8, 4) is 0 Å². The number of carbonyl (C=O) groups excluding carboxylic acids is 1. The molecule has 2 aliphatic rings. The van der Waals surface area contributed by atoms with Crippen LogP contribution in [0.3, 0.4) is 0 Å². The molecule has 1 aromatic heterocycles. The number of fused-ring (bicyclic) bond motifs is 1. The van der Waals surface area contributed by atoms with E-state index in [0.717, 1.165) is 50.1 Å². The number of aromatic amines is 2. The average Bonchev–Trinajstić information content (AvgIpc) is 3.07. The van der Waals surface area contributed by atoms with E-state index >= 15 is 0 Å². The molecule has 0 atom stereocenters. The Morgan fingerprint density at radius 2 is 1.63 bits per heavy atom. The number of piperazine rings is 1. The van der Waals surface area contributed by atoms with E-state index in [4.69, 9.17) is 17.3 Å². The van der Waals surface area contributed by atoms with Gasteiger partial charge in [0.1, 0.15) is 0 Å². The molecule has 4 rings (SSSR count). The fourth-order valence-corrected chi connectivity index (χ4v) is 4.28. The second kappa shape index (κ2) is 7.32. The summed E-state index contributed by atoms with van der Waals surface area (Å²) in [6.45, 7) is 4.12. The van der Waals surface area contributed by atoms with Gasteiger partial charge in [0.25, 0.3) is 5.91 Å². The number of hydrogen-bond donors (Lipinski definition) is 3. The first-order valence-corrected chi connectivity index (χ1v) is 9.65. The number of carbonyl (C=O) groups is 2. The molecule has 3 N–H and O–H groups in total. The SMILES string of the molecule is O=C(O)N1CCN(C2CCN(C(=O)c3ccc4[nH]c(=S)[nH]c4c3)CC2)CC1. The van der Waals surface area contributed by atoms with Crippen LogP contribution in [0.1, 0.15) is 23.2 Å². The van der Waals surface area contributed by atoms with Gasteiger partial charge < -0.3 is 24.9 Å². The van der Waals surface area contributed by atoms with Crippen LogP contribution in [0.2, 0.25) is 0 Å². The summed E-state index contributed by atoms with van der Waals surface area (Å²) in [6.07, 6.45) is 1.01. The van der Waals surface area contributed by atoms with Crippen LogP contribution in [-0.4, -0.2) is 87.1 Å². The van der Waals surface area contributed by atoms with Crippen LogP contribution in [-0.2, 0) is 0 Å². The zero-order valence-corrected chi connectivity index (χ0v) is 15.8. The molecule has 0 aliphatic carbocycles. The fraction of sp³-hybridized carbons (Fsp3) is 0.500. The summed E-state index contributed by atoms with van der Waals surface area (Å²) in [7, 11) is 0. The number of piperidine rings is 1. The summed E-state index contributed by atoms with van der Waals surface area (Å²) in [5.41, 5.74) is 2.41. The number of aromatic nitrogens is 2. The van der Waals surface area contributed by atoms with Gasteiger partial charge in [-0.05, 0) is 43.3 Å². The van der Waals surface area contributed by atoms with Gasteiger partial charge in [-0.2, -0.15) is 0 Å². The van der Waals surface area contributed by atoms with E-state index in [1.807, 2.05) is 23.1 Å². The molecule has 2 aromatic rings. The van der Waals surface area contributed by atoms with Crippen molar-refractivity contribution < 1.29 is 14.7 Å². The lowest BCUT2D eigenvalue weighted by Gasteiger charge is -2.42. The number of hydrogen-bond acceptors (Lipinski definition) is 4. The molecule has 0 unspecified atom stereocenters. The molecule has 0 radical (unpaired) electrons. The third kappa shape index (κ3) is 3.70. The van der Waals surface area contributed by atoms with Crippen molar-refractivity contribution in [2.24, 2.45) is 0 Å². The van der Waals surface area contributed by atoms with E-state index in [1.54, 1.807) is 0 Å². The summed E-state index contributed by atoms with van der Waals surface area (Å²) < 4.78 is 0.554.